The van der Waals surface area contributed by atoms with Gasteiger partial charge in [-0.15, -0.1) is 0 Å². The maximum Gasteiger partial charge on any atom is 0.188 e. The van der Waals surface area contributed by atoms with Crippen LogP contribution < -0.4 is 15.3 Å². The summed E-state index contributed by atoms with van der Waals surface area (Å²) in [4.78, 5) is 0. The predicted octanol–water partition coefficient (Wildman–Crippen LogP) is 6.56. The summed E-state index contributed by atoms with van der Waals surface area (Å²) < 4.78 is 11.6. The fourth-order valence-electron chi connectivity index (χ4n) is 4.39. The van der Waals surface area contributed by atoms with Crippen molar-refractivity contribution in [3.05, 3.63) is 95.1 Å². The molecule has 2 unspecified atom stereocenters. The van der Waals surface area contributed by atoms with Crippen LogP contribution in [0.25, 0.3) is 6.08 Å². The highest BCUT2D eigenvalue weighted by Crippen LogP contribution is 2.58. The molecule has 160 valence electrons. The van der Waals surface area contributed by atoms with Crippen LogP contribution in [0.1, 0.15) is 50.0 Å². The molecule has 0 heterocycles. The highest BCUT2D eigenvalue weighted by atomic mass is 31.1. The van der Waals surface area contributed by atoms with E-state index in [1.165, 1.54) is 32.9 Å². The molecule has 0 fully saturated rings. The Balaban J connectivity index is 1.96. The minimum atomic E-state index is -0.728. The number of hydrogen-bond acceptors (Lipinski definition) is 2. The maximum absolute atomic E-state index is 6.30. The van der Waals surface area contributed by atoms with E-state index in [9.17, 15) is 0 Å². The van der Waals surface area contributed by atoms with Gasteiger partial charge >= 0.3 is 0 Å². The third-order valence-corrected chi connectivity index (χ3v) is 8.71. The van der Waals surface area contributed by atoms with Crippen molar-refractivity contribution in [3.63, 3.8) is 0 Å². The molecule has 0 saturated carbocycles. The van der Waals surface area contributed by atoms with Crippen LogP contribution >= 0.6 is 7.92 Å². The summed E-state index contributed by atoms with van der Waals surface area (Å²) in [6, 6.07) is 26.4. The molecule has 2 atom stereocenters. The molecular weight excluding hydrogens is 399 g/mol. The topological polar surface area (TPSA) is 18.5 Å². The number of rotatable bonds is 6. The largest absolute Gasteiger partial charge is 0.467 e. The molecule has 3 aromatic carbocycles. The van der Waals surface area contributed by atoms with Gasteiger partial charge in [0.25, 0.3) is 0 Å². The Bertz CT molecular complexity index is 1080. The van der Waals surface area contributed by atoms with Crippen LogP contribution in [0.3, 0.4) is 0 Å². The van der Waals surface area contributed by atoms with Crippen LogP contribution in [0.5, 0.6) is 5.75 Å². The van der Waals surface area contributed by atoms with Gasteiger partial charge in [-0.2, -0.15) is 0 Å². The average molecular weight is 431 g/mol. The minimum Gasteiger partial charge on any atom is -0.467 e. The van der Waals surface area contributed by atoms with Crippen molar-refractivity contribution in [3.8, 4) is 5.75 Å². The van der Waals surface area contributed by atoms with Crippen LogP contribution in [0, 0.1) is 0 Å². The molecular formula is C28H31O2P. The normalized spacial score (nSPS) is 16.5. The van der Waals surface area contributed by atoms with Gasteiger partial charge in [-0.25, -0.2) is 0 Å². The lowest BCUT2D eigenvalue weighted by atomic mass is 9.86. The van der Waals surface area contributed by atoms with Crippen LogP contribution in [0.15, 0.2) is 78.4 Å². The summed E-state index contributed by atoms with van der Waals surface area (Å²) in [6.45, 7) is 9.24. The molecule has 3 heteroatoms. The Morgan fingerprint density at radius 3 is 2.29 bits per heavy atom. The van der Waals surface area contributed by atoms with E-state index in [4.69, 9.17) is 9.47 Å². The first-order valence-electron chi connectivity index (χ1n) is 10.8. The van der Waals surface area contributed by atoms with Crippen LogP contribution in [-0.2, 0) is 10.2 Å². The first-order chi connectivity index (χ1) is 14.9. The Morgan fingerprint density at radius 2 is 1.58 bits per heavy atom. The van der Waals surface area contributed by atoms with Gasteiger partial charge in [-0.05, 0) is 36.7 Å². The Hall–Kier alpha value is -2.41. The number of fused-ring (bicyclic) bond motifs is 1. The van der Waals surface area contributed by atoms with E-state index in [0.717, 1.165) is 5.75 Å². The number of methoxy groups -OCH3 is 1. The molecule has 0 radical (unpaired) electrons. The molecule has 0 saturated heterocycles. The Kier molecular flexibility index (Phi) is 6.32. The lowest BCUT2D eigenvalue weighted by Crippen LogP contribution is -2.24. The van der Waals surface area contributed by atoms with E-state index in [1.54, 1.807) is 7.11 Å². The van der Waals surface area contributed by atoms with E-state index in [0.29, 0.717) is 5.66 Å². The first-order valence-corrected chi connectivity index (χ1v) is 12.2. The third kappa shape index (κ3) is 4.33. The van der Waals surface area contributed by atoms with Crippen molar-refractivity contribution in [2.45, 2.75) is 38.8 Å². The van der Waals surface area contributed by atoms with Gasteiger partial charge in [0.05, 0.1) is 0 Å². The van der Waals surface area contributed by atoms with E-state index < -0.39 is 7.92 Å². The smallest absolute Gasteiger partial charge is 0.188 e. The van der Waals surface area contributed by atoms with Gasteiger partial charge in [-0.1, -0.05) is 105 Å². The highest BCUT2D eigenvalue weighted by molar-refractivity contribution is 7.73. The SMILES string of the molecule is COCOc1c(P(c2ccccc2)C2C(C)=Cc3ccccc32)cccc1C(C)(C)C. The molecule has 0 amide bonds. The van der Waals surface area contributed by atoms with Crippen molar-refractivity contribution in [1.82, 2.24) is 0 Å². The first kappa shape index (κ1) is 21.8. The molecule has 0 aromatic heterocycles. The van der Waals surface area contributed by atoms with Gasteiger partial charge in [0.1, 0.15) is 5.75 Å². The van der Waals surface area contributed by atoms with Crippen molar-refractivity contribution < 1.29 is 9.47 Å². The van der Waals surface area contributed by atoms with E-state index in [1.807, 2.05) is 0 Å². The second-order valence-electron chi connectivity index (χ2n) is 9.08. The van der Waals surface area contributed by atoms with Crippen molar-refractivity contribution >= 4 is 24.6 Å². The second kappa shape index (κ2) is 8.99. The van der Waals surface area contributed by atoms with Crippen molar-refractivity contribution in [2.24, 2.45) is 0 Å². The number of hydrogen-bond donors (Lipinski definition) is 0. The molecule has 31 heavy (non-hydrogen) atoms. The molecule has 0 aliphatic heterocycles. The lowest BCUT2D eigenvalue weighted by Gasteiger charge is -2.32. The van der Waals surface area contributed by atoms with Gasteiger partial charge in [0.2, 0.25) is 0 Å². The number of benzene rings is 3. The fraction of sp³-hybridized carbons (Fsp3) is 0.286. The zero-order chi connectivity index (χ0) is 22.0. The molecule has 3 aromatic rings. The number of allylic oxidation sites excluding steroid dienone is 1. The molecule has 4 rings (SSSR count). The molecule has 1 aliphatic carbocycles. The van der Waals surface area contributed by atoms with E-state index in [-0.39, 0.29) is 12.2 Å². The summed E-state index contributed by atoms with van der Waals surface area (Å²) in [5.74, 6) is 0.976. The van der Waals surface area contributed by atoms with Crippen LogP contribution in [0.4, 0.5) is 0 Å². The Labute approximate surface area is 187 Å². The standard InChI is InChI=1S/C28H31O2P/c1-20-18-21-12-9-10-15-23(21)27(20)31(22-13-7-6-8-14-22)25-17-11-16-24(28(2,3)4)26(25)30-19-29-5/h6-18,27H,19H2,1-5H3. The highest BCUT2D eigenvalue weighted by Gasteiger charge is 2.35. The van der Waals surface area contributed by atoms with Gasteiger partial charge in [0.15, 0.2) is 6.79 Å². The summed E-state index contributed by atoms with van der Waals surface area (Å²) in [7, 11) is 0.953. The van der Waals surface area contributed by atoms with Crippen molar-refractivity contribution in [1.29, 1.82) is 0 Å². The van der Waals surface area contributed by atoms with E-state index >= 15 is 0 Å². The average Bonchev–Trinajstić information content (AvgIpc) is 3.09. The van der Waals surface area contributed by atoms with Gasteiger partial charge in [0, 0.05) is 23.6 Å². The second-order valence-corrected chi connectivity index (χ2v) is 11.3. The summed E-state index contributed by atoms with van der Waals surface area (Å²) in [6.07, 6.45) is 2.35. The maximum atomic E-state index is 6.30. The van der Waals surface area contributed by atoms with E-state index in [2.05, 4.69) is 107 Å². The Morgan fingerprint density at radius 1 is 0.871 bits per heavy atom. The molecule has 0 spiro atoms. The van der Waals surface area contributed by atoms with Crippen molar-refractivity contribution in [2.75, 3.05) is 13.9 Å². The number of ether oxygens (including phenoxy) is 2. The summed E-state index contributed by atoms with van der Waals surface area (Å²) in [5.41, 5.74) is 5.67. The molecule has 1 aliphatic rings. The van der Waals surface area contributed by atoms with Gasteiger partial charge in [-0.3, -0.25) is 0 Å². The summed E-state index contributed by atoms with van der Waals surface area (Å²) >= 11 is 0. The third-order valence-electron chi connectivity index (χ3n) is 5.78. The zero-order valence-corrected chi connectivity index (χ0v) is 19.9. The summed E-state index contributed by atoms with van der Waals surface area (Å²) in [5, 5.41) is 2.64. The quantitative estimate of drug-likeness (QED) is 0.326. The zero-order valence-electron chi connectivity index (χ0n) is 19.1. The fourth-order valence-corrected chi connectivity index (χ4v) is 7.39. The predicted molar refractivity (Wildman–Crippen MR) is 133 cm³/mol. The lowest BCUT2D eigenvalue weighted by molar-refractivity contribution is 0.0506. The number of para-hydroxylation sites is 1. The molecule has 2 nitrogen and oxygen atoms in total. The monoisotopic (exact) mass is 430 g/mol. The van der Waals surface area contributed by atoms with Gasteiger partial charge < -0.3 is 9.47 Å². The molecule has 0 bridgehead atoms. The molecule has 0 N–H and O–H groups in total. The van der Waals surface area contributed by atoms with Crippen LogP contribution in [-0.4, -0.2) is 13.9 Å². The van der Waals surface area contributed by atoms with Crippen LogP contribution in [0.2, 0.25) is 0 Å². The minimum absolute atomic E-state index is 0.0325.